The number of hydrogen-bond donors (Lipinski definition) is 1. The van der Waals surface area contributed by atoms with Crippen LogP contribution in [0.25, 0.3) is 0 Å². The number of methoxy groups -OCH3 is 1. The molecular weight excluding hydrogens is 855 g/mol. The molecule has 11 atom stereocenters. The van der Waals surface area contributed by atoms with Gasteiger partial charge in [-0.15, -0.1) is 0 Å². The second-order valence-electron chi connectivity index (χ2n) is 24.9. The maximum Gasteiger partial charge on any atom is 0.333 e. The highest BCUT2D eigenvalue weighted by molar-refractivity contribution is 6.64. The third kappa shape index (κ3) is 20.4. The van der Waals surface area contributed by atoms with Crippen molar-refractivity contribution < 1.29 is 23.4 Å². The first kappa shape index (κ1) is 60.5. The molecule has 4 aliphatic rings. The molecule has 68 heavy (non-hydrogen) atoms. The summed E-state index contributed by atoms with van der Waals surface area (Å²) in [5.41, 5.74) is 1.09. The van der Waals surface area contributed by atoms with Gasteiger partial charge in [-0.3, -0.25) is 0 Å². The molecule has 0 bridgehead atoms. The predicted molar refractivity (Wildman–Crippen MR) is 294 cm³/mol. The van der Waals surface area contributed by atoms with E-state index in [9.17, 15) is 5.11 Å². The Balaban J connectivity index is 1.23. The Kier molecular flexibility index (Phi) is 30.0. The molecule has 7 unspecified atom stereocenters. The zero-order valence-electron chi connectivity index (χ0n) is 47.2. The van der Waals surface area contributed by atoms with E-state index in [0.717, 1.165) is 87.4 Å². The summed E-state index contributed by atoms with van der Waals surface area (Å²) in [6.07, 6.45) is 46.2. The van der Waals surface area contributed by atoms with Crippen molar-refractivity contribution in [2.75, 3.05) is 46.6 Å². The zero-order chi connectivity index (χ0) is 49.1. The topological polar surface area (TPSA) is 60.4 Å². The highest BCUT2D eigenvalue weighted by atomic mass is 28.4. The Hall–Kier alpha value is -0.0231. The molecule has 6 nitrogen and oxygen atoms in total. The quantitative estimate of drug-likeness (QED) is 0.0374. The Morgan fingerprint density at radius 3 is 1.85 bits per heavy atom. The SMILES string of the molecule is CCCCCCCCOC(CCCCCN(CCCCO)CCC[C@@H](C)C1CCC2C3CCC4C[C@H](OC)CC[C@]4(C)C3CC[C@@]21C)O[Si](C)(C)OCC(CCCCCC)CCCCCCCC. The first-order chi connectivity index (χ1) is 32.9. The van der Waals surface area contributed by atoms with Crippen LogP contribution < -0.4 is 0 Å². The molecule has 402 valence electrons. The van der Waals surface area contributed by atoms with E-state index in [4.69, 9.17) is 18.3 Å². The van der Waals surface area contributed by atoms with Gasteiger partial charge in [-0.25, -0.2) is 0 Å². The third-order valence-corrected chi connectivity index (χ3v) is 21.1. The van der Waals surface area contributed by atoms with Crippen LogP contribution in [0.4, 0.5) is 0 Å². The molecule has 0 heterocycles. The summed E-state index contributed by atoms with van der Waals surface area (Å²) in [5.74, 6) is 6.10. The number of ether oxygens (including phenoxy) is 2. The predicted octanol–water partition coefficient (Wildman–Crippen LogP) is 17.5. The first-order valence-electron chi connectivity index (χ1n) is 30.7. The number of fused-ring (bicyclic) bond motifs is 5. The maximum absolute atomic E-state index is 9.66. The molecule has 4 aliphatic carbocycles. The van der Waals surface area contributed by atoms with Crippen LogP contribution in [0, 0.1) is 52.3 Å². The molecule has 0 saturated heterocycles. The van der Waals surface area contributed by atoms with Gasteiger partial charge in [-0.05, 0) is 207 Å². The lowest BCUT2D eigenvalue weighted by atomic mass is 9.44. The zero-order valence-corrected chi connectivity index (χ0v) is 48.2. The molecule has 1 N–H and O–H groups in total. The lowest BCUT2D eigenvalue weighted by Gasteiger charge is -2.61. The number of hydrogen-bond acceptors (Lipinski definition) is 6. The summed E-state index contributed by atoms with van der Waals surface area (Å²) in [6.45, 7) is 25.0. The minimum Gasteiger partial charge on any atom is -0.396 e. The summed E-state index contributed by atoms with van der Waals surface area (Å²) in [5, 5.41) is 9.66. The van der Waals surface area contributed by atoms with Crippen molar-refractivity contribution in [1.29, 1.82) is 0 Å². The average Bonchev–Trinajstić information content (AvgIpc) is 3.69. The summed E-state index contributed by atoms with van der Waals surface area (Å²) >= 11 is 0. The number of unbranched alkanes of at least 4 members (excludes halogenated alkanes) is 16. The Morgan fingerprint density at radius 2 is 1.18 bits per heavy atom. The van der Waals surface area contributed by atoms with Crippen molar-refractivity contribution in [3.8, 4) is 0 Å². The molecule has 0 aliphatic heterocycles. The lowest BCUT2D eigenvalue weighted by molar-refractivity contribution is -0.133. The number of nitrogens with zero attached hydrogens (tertiary/aromatic N) is 1. The summed E-state index contributed by atoms with van der Waals surface area (Å²) in [6, 6.07) is 0. The van der Waals surface area contributed by atoms with Gasteiger partial charge in [0.25, 0.3) is 0 Å². The fourth-order valence-corrected chi connectivity index (χ4v) is 16.7. The molecule has 4 rings (SSSR count). The highest BCUT2D eigenvalue weighted by Gasteiger charge is 2.60. The number of aliphatic hydroxyl groups is 1. The van der Waals surface area contributed by atoms with Crippen molar-refractivity contribution in [3.63, 3.8) is 0 Å². The standard InChI is InChI=1S/C61H119NO5Si/c1-10-13-16-19-21-25-34-52(33-24-18-15-12-3)50-66-68(8,9)67-59(65-48-30-22-20-17-14-11-2)35-26-23-27-44-62(45-28-29-47-63)46-31-32-51(4)56-38-39-57-55-37-36-53-49-54(64-7)40-42-60(53,5)58(55)41-43-61(56,57)6/h51-59,63H,10-50H2,1-9H3/t51-,52?,53?,54-,55?,56?,57?,58?,59?,60+,61-/m1/s1. The monoisotopic (exact) mass is 974 g/mol. The van der Waals surface area contributed by atoms with E-state index >= 15 is 0 Å². The molecular formula is C61H119NO5Si. The molecule has 0 aromatic heterocycles. The molecule has 0 spiro atoms. The van der Waals surface area contributed by atoms with Crippen molar-refractivity contribution in [2.45, 2.75) is 292 Å². The van der Waals surface area contributed by atoms with Gasteiger partial charge >= 0.3 is 8.56 Å². The fraction of sp³-hybridized carbons (Fsp3) is 1.00. The minimum atomic E-state index is -2.37. The van der Waals surface area contributed by atoms with E-state index in [1.165, 1.54) is 206 Å². The Labute approximate surface area is 425 Å². The largest absolute Gasteiger partial charge is 0.396 e. The average molecular weight is 975 g/mol. The van der Waals surface area contributed by atoms with Gasteiger partial charge in [-0.2, -0.15) is 0 Å². The van der Waals surface area contributed by atoms with Gasteiger partial charge in [0.1, 0.15) is 6.29 Å². The Bertz CT molecular complexity index is 1250. The molecule has 7 heteroatoms. The van der Waals surface area contributed by atoms with E-state index in [0.29, 0.717) is 29.5 Å². The second kappa shape index (κ2) is 33.7. The molecule has 0 aromatic rings. The van der Waals surface area contributed by atoms with Gasteiger partial charge < -0.3 is 28.3 Å². The van der Waals surface area contributed by atoms with E-state index in [1.54, 1.807) is 0 Å². The lowest BCUT2D eigenvalue weighted by Crippen LogP contribution is -2.54. The molecule has 4 saturated carbocycles. The van der Waals surface area contributed by atoms with Crippen LogP contribution in [0.1, 0.15) is 266 Å². The minimum absolute atomic E-state index is 0.155. The van der Waals surface area contributed by atoms with E-state index in [1.807, 2.05) is 7.11 Å². The van der Waals surface area contributed by atoms with Crippen LogP contribution in [0.2, 0.25) is 13.1 Å². The third-order valence-electron chi connectivity index (χ3n) is 19.5. The van der Waals surface area contributed by atoms with E-state index in [-0.39, 0.29) is 6.29 Å². The van der Waals surface area contributed by atoms with Crippen LogP contribution in [0.15, 0.2) is 0 Å². The normalized spacial score (nSPS) is 28.6. The molecule has 0 radical (unpaired) electrons. The van der Waals surface area contributed by atoms with Crippen molar-refractivity contribution in [1.82, 2.24) is 4.90 Å². The summed E-state index contributed by atoms with van der Waals surface area (Å²) in [4.78, 5) is 2.75. The van der Waals surface area contributed by atoms with Crippen molar-refractivity contribution in [2.24, 2.45) is 52.3 Å². The molecule has 4 fully saturated rings. The van der Waals surface area contributed by atoms with Gasteiger partial charge in [0.15, 0.2) is 0 Å². The van der Waals surface area contributed by atoms with Gasteiger partial charge in [0.2, 0.25) is 0 Å². The van der Waals surface area contributed by atoms with Crippen molar-refractivity contribution >= 4 is 8.56 Å². The van der Waals surface area contributed by atoms with Gasteiger partial charge in [0.05, 0.1) is 6.10 Å². The Morgan fingerprint density at radius 1 is 0.603 bits per heavy atom. The smallest absolute Gasteiger partial charge is 0.333 e. The molecule has 0 aromatic carbocycles. The summed E-state index contributed by atoms with van der Waals surface area (Å²) in [7, 11) is -0.421. The van der Waals surface area contributed by atoms with Crippen LogP contribution in [0.5, 0.6) is 0 Å². The first-order valence-corrected chi connectivity index (χ1v) is 33.6. The van der Waals surface area contributed by atoms with Gasteiger partial charge in [-0.1, -0.05) is 144 Å². The van der Waals surface area contributed by atoms with Crippen LogP contribution in [-0.4, -0.2) is 77.5 Å². The number of aliphatic hydroxyl groups excluding tert-OH is 1. The van der Waals surface area contributed by atoms with Crippen LogP contribution >= 0.6 is 0 Å². The van der Waals surface area contributed by atoms with E-state index in [2.05, 4.69) is 59.5 Å². The van der Waals surface area contributed by atoms with Crippen LogP contribution in [0.3, 0.4) is 0 Å². The fourth-order valence-electron chi connectivity index (χ4n) is 15.2. The van der Waals surface area contributed by atoms with E-state index < -0.39 is 8.56 Å². The van der Waals surface area contributed by atoms with Gasteiger partial charge in [0, 0.05) is 26.9 Å². The summed E-state index contributed by atoms with van der Waals surface area (Å²) < 4.78 is 26.2. The second-order valence-corrected chi connectivity index (χ2v) is 28.3. The highest BCUT2D eigenvalue weighted by Crippen LogP contribution is 2.68. The maximum atomic E-state index is 9.66. The van der Waals surface area contributed by atoms with Crippen molar-refractivity contribution in [3.05, 3.63) is 0 Å². The van der Waals surface area contributed by atoms with Crippen LogP contribution in [-0.2, 0) is 18.3 Å². The molecule has 0 amide bonds. The number of rotatable bonds is 41.